The Morgan fingerprint density at radius 1 is 1.40 bits per heavy atom. The molecular formula is C10H9FO2S2. The molecule has 0 bridgehead atoms. The largest absolute Gasteiger partial charge is 0.229 e. The predicted molar refractivity (Wildman–Crippen MR) is 60.3 cm³/mol. The van der Waals surface area contributed by atoms with Crippen LogP contribution >= 0.6 is 11.3 Å². The second-order valence-corrected chi connectivity index (χ2v) is 6.52. The predicted octanol–water partition coefficient (Wildman–Crippen LogP) is 2.59. The van der Waals surface area contributed by atoms with Gasteiger partial charge in [0, 0.05) is 11.0 Å². The van der Waals surface area contributed by atoms with E-state index in [2.05, 4.69) is 0 Å². The van der Waals surface area contributed by atoms with E-state index < -0.39 is 9.84 Å². The summed E-state index contributed by atoms with van der Waals surface area (Å²) in [5.74, 6) is -0.369. The Labute approximate surface area is 91.3 Å². The van der Waals surface area contributed by atoms with E-state index >= 15 is 0 Å². The molecule has 0 radical (unpaired) electrons. The van der Waals surface area contributed by atoms with Crippen molar-refractivity contribution in [3.63, 3.8) is 0 Å². The van der Waals surface area contributed by atoms with Gasteiger partial charge in [-0.15, -0.1) is 11.3 Å². The molecular weight excluding hydrogens is 235 g/mol. The van der Waals surface area contributed by atoms with E-state index in [4.69, 9.17) is 0 Å². The molecule has 0 aliphatic rings. The highest BCUT2D eigenvalue weighted by Gasteiger charge is 2.10. The van der Waals surface area contributed by atoms with Gasteiger partial charge < -0.3 is 0 Å². The number of halogens is 1. The summed E-state index contributed by atoms with van der Waals surface area (Å²) in [5.41, 5.74) is 0.678. The first-order valence-corrected chi connectivity index (χ1v) is 7.23. The van der Waals surface area contributed by atoms with Gasteiger partial charge in [0.15, 0.2) is 9.84 Å². The molecule has 0 fully saturated rings. The van der Waals surface area contributed by atoms with Gasteiger partial charge in [0.1, 0.15) is 5.82 Å². The van der Waals surface area contributed by atoms with Gasteiger partial charge >= 0.3 is 0 Å². The van der Waals surface area contributed by atoms with Crippen LogP contribution in [0.1, 0.15) is 5.56 Å². The molecule has 0 aliphatic carbocycles. The fourth-order valence-corrected chi connectivity index (χ4v) is 3.30. The lowest BCUT2D eigenvalue weighted by atomic mass is 10.2. The van der Waals surface area contributed by atoms with Gasteiger partial charge in [-0.2, -0.15) is 0 Å². The summed E-state index contributed by atoms with van der Waals surface area (Å²) in [6.07, 6.45) is 1.18. The van der Waals surface area contributed by atoms with Crippen LogP contribution in [0.25, 0.3) is 10.1 Å². The Morgan fingerprint density at radius 2 is 2.13 bits per heavy atom. The molecule has 1 heterocycles. The van der Waals surface area contributed by atoms with Crippen molar-refractivity contribution in [1.29, 1.82) is 0 Å². The molecule has 2 nitrogen and oxygen atoms in total. The van der Waals surface area contributed by atoms with Crippen molar-refractivity contribution in [2.45, 2.75) is 5.75 Å². The molecule has 15 heavy (non-hydrogen) atoms. The highest BCUT2D eigenvalue weighted by Crippen LogP contribution is 2.27. The van der Waals surface area contributed by atoms with E-state index in [1.807, 2.05) is 0 Å². The molecule has 5 heteroatoms. The second-order valence-electron chi connectivity index (χ2n) is 3.47. The van der Waals surface area contributed by atoms with Gasteiger partial charge in [-0.1, -0.05) is 0 Å². The fraction of sp³-hybridized carbons (Fsp3) is 0.200. The van der Waals surface area contributed by atoms with Crippen molar-refractivity contribution in [2.24, 2.45) is 0 Å². The SMILES string of the molecule is CS(=O)(=O)Cc1csc2ccc(F)cc12. The first-order chi connectivity index (χ1) is 6.96. The average Bonchev–Trinajstić information content (AvgIpc) is 2.46. The lowest BCUT2D eigenvalue weighted by Gasteiger charge is -1.97. The van der Waals surface area contributed by atoms with Crippen LogP contribution in [0.15, 0.2) is 23.6 Å². The number of fused-ring (bicyclic) bond motifs is 1. The van der Waals surface area contributed by atoms with Gasteiger partial charge in [-0.05, 0) is 34.5 Å². The van der Waals surface area contributed by atoms with Gasteiger partial charge in [0.25, 0.3) is 0 Å². The number of hydrogen-bond donors (Lipinski definition) is 0. The molecule has 1 aromatic heterocycles. The van der Waals surface area contributed by atoms with Gasteiger partial charge in [0.2, 0.25) is 0 Å². The van der Waals surface area contributed by atoms with Crippen LogP contribution in [0.5, 0.6) is 0 Å². The Morgan fingerprint density at radius 3 is 2.80 bits per heavy atom. The van der Waals surface area contributed by atoms with E-state index in [-0.39, 0.29) is 11.6 Å². The molecule has 1 aromatic carbocycles. The zero-order valence-electron chi connectivity index (χ0n) is 8.03. The molecule has 0 saturated heterocycles. The van der Waals surface area contributed by atoms with Crippen molar-refractivity contribution >= 4 is 31.3 Å². The molecule has 0 aliphatic heterocycles. The monoisotopic (exact) mass is 244 g/mol. The Hall–Kier alpha value is -0.940. The third-order valence-corrected chi connectivity index (χ3v) is 3.88. The van der Waals surface area contributed by atoms with Crippen LogP contribution in [-0.4, -0.2) is 14.7 Å². The summed E-state index contributed by atoms with van der Waals surface area (Å²) in [6, 6.07) is 4.43. The van der Waals surface area contributed by atoms with E-state index in [0.717, 1.165) is 4.70 Å². The van der Waals surface area contributed by atoms with Gasteiger partial charge in [-0.25, -0.2) is 12.8 Å². The number of rotatable bonds is 2. The summed E-state index contributed by atoms with van der Waals surface area (Å²) in [7, 11) is -3.07. The first-order valence-electron chi connectivity index (χ1n) is 4.29. The molecule has 0 N–H and O–H groups in total. The van der Waals surface area contributed by atoms with E-state index in [1.54, 1.807) is 11.4 Å². The van der Waals surface area contributed by atoms with Gasteiger partial charge in [-0.3, -0.25) is 0 Å². The number of hydrogen-bond acceptors (Lipinski definition) is 3. The fourth-order valence-electron chi connectivity index (χ4n) is 1.45. The van der Waals surface area contributed by atoms with Crippen molar-refractivity contribution in [3.05, 3.63) is 35.0 Å². The third-order valence-electron chi connectivity index (χ3n) is 2.03. The van der Waals surface area contributed by atoms with Crippen LogP contribution in [0.2, 0.25) is 0 Å². The molecule has 0 unspecified atom stereocenters. The van der Waals surface area contributed by atoms with E-state index in [9.17, 15) is 12.8 Å². The minimum Gasteiger partial charge on any atom is -0.229 e. The lowest BCUT2D eigenvalue weighted by Crippen LogP contribution is -1.99. The van der Waals surface area contributed by atoms with Crippen LogP contribution in [0, 0.1) is 5.82 Å². The summed E-state index contributed by atoms with van der Waals surface area (Å²) < 4.78 is 36.2. The maximum absolute atomic E-state index is 13.0. The standard InChI is InChI=1S/C10H9FO2S2/c1-15(12,13)6-7-5-14-10-3-2-8(11)4-9(7)10/h2-5H,6H2,1H3. The Bertz CT molecular complexity index is 599. The van der Waals surface area contributed by atoms with E-state index in [0.29, 0.717) is 10.9 Å². The van der Waals surface area contributed by atoms with Crippen molar-refractivity contribution in [2.75, 3.05) is 6.26 Å². The summed E-state index contributed by atoms with van der Waals surface area (Å²) in [4.78, 5) is 0. The molecule has 0 spiro atoms. The minimum absolute atomic E-state index is 0.0313. The van der Waals surface area contributed by atoms with Crippen LogP contribution in [0.3, 0.4) is 0 Å². The van der Waals surface area contributed by atoms with Crippen molar-refractivity contribution < 1.29 is 12.8 Å². The molecule has 2 aromatic rings. The lowest BCUT2D eigenvalue weighted by molar-refractivity contribution is 0.601. The van der Waals surface area contributed by atoms with E-state index in [1.165, 1.54) is 29.7 Å². The summed E-state index contributed by atoms with van der Waals surface area (Å²) in [5, 5.41) is 2.47. The molecule has 0 saturated carbocycles. The minimum atomic E-state index is -3.07. The molecule has 2 rings (SSSR count). The first kappa shape index (κ1) is 10.6. The van der Waals surface area contributed by atoms with Crippen molar-refractivity contribution in [1.82, 2.24) is 0 Å². The van der Waals surface area contributed by atoms with Crippen molar-refractivity contribution in [3.8, 4) is 0 Å². The van der Waals surface area contributed by atoms with Gasteiger partial charge in [0.05, 0.1) is 5.75 Å². The number of benzene rings is 1. The smallest absolute Gasteiger partial charge is 0.151 e. The molecule has 0 atom stereocenters. The molecule has 0 amide bonds. The second kappa shape index (κ2) is 3.57. The maximum Gasteiger partial charge on any atom is 0.151 e. The third kappa shape index (κ3) is 2.35. The van der Waals surface area contributed by atoms with Crippen LogP contribution < -0.4 is 0 Å². The number of thiophene rings is 1. The summed E-state index contributed by atoms with van der Waals surface area (Å²) in [6.45, 7) is 0. The zero-order valence-corrected chi connectivity index (χ0v) is 9.66. The Kier molecular flexibility index (Phi) is 2.52. The van der Waals surface area contributed by atoms with Crippen LogP contribution in [-0.2, 0) is 15.6 Å². The normalized spacial score (nSPS) is 12.1. The maximum atomic E-state index is 13.0. The van der Waals surface area contributed by atoms with Crippen LogP contribution in [0.4, 0.5) is 4.39 Å². The number of sulfone groups is 1. The quantitative estimate of drug-likeness (QED) is 0.813. The average molecular weight is 244 g/mol. The Balaban J connectivity index is 2.57. The molecule has 80 valence electrons. The highest BCUT2D eigenvalue weighted by molar-refractivity contribution is 7.89. The topological polar surface area (TPSA) is 34.1 Å². The zero-order chi connectivity index (χ0) is 11.1. The highest BCUT2D eigenvalue weighted by atomic mass is 32.2. The summed E-state index contributed by atoms with van der Waals surface area (Å²) >= 11 is 1.43.